The molecule has 0 bridgehead atoms. The zero-order valence-corrected chi connectivity index (χ0v) is 12.9. The quantitative estimate of drug-likeness (QED) is 0.782. The van der Waals surface area contributed by atoms with Gasteiger partial charge in [-0.1, -0.05) is 0 Å². The molecule has 2 unspecified atom stereocenters. The van der Waals surface area contributed by atoms with E-state index in [9.17, 15) is 9.90 Å². The lowest BCUT2D eigenvalue weighted by atomic mass is 10.2. The highest BCUT2D eigenvalue weighted by Gasteiger charge is 2.22. The number of pyridine rings is 1. The number of hydrogen-bond donors (Lipinski definition) is 3. The van der Waals surface area contributed by atoms with E-state index in [2.05, 4.69) is 10.3 Å². The van der Waals surface area contributed by atoms with Gasteiger partial charge in [-0.15, -0.1) is 11.3 Å². The van der Waals surface area contributed by atoms with Crippen molar-refractivity contribution < 1.29 is 9.90 Å². The normalized spacial score (nSPS) is 14.2. The summed E-state index contributed by atoms with van der Waals surface area (Å²) in [5.74, 6) is -0.217. The number of nitrogens with zero attached hydrogens (tertiary/aromatic N) is 1. The van der Waals surface area contributed by atoms with Crippen LogP contribution in [0.3, 0.4) is 0 Å². The minimum absolute atomic E-state index is 0.0199. The summed E-state index contributed by atoms with van der Waals surface area (Å²) in [5, 5.41) is 12.1. The lowest BCUT2D eigenvalue weighted by Gasteiger charge is -2.21. The molecular weight excluding hydrogens is 294 g/mol. The monoisotopic (exact) mass is 311 g/mol. The Balaban J connectivity index is 2.21. The van der Waals surface area contributed by atoms with Gasteiger partial charge in [0, 0.05) is 17.5 Å². The Morgan fingerprint density at radius 1 is 1.65 bits per heavy atom. The second kappa shape index (κ2) is 6.43. The highest BCUT2D eigenvalue weighted by atomic mass is 32.2. The third kappa shape index (κ3) is 2.89. The fourth-order valence-corrected chi connectivity index (χ4v) is 3.53. The Morgan fingerprint density at radius 2 is 2.40 bits per heavy atom. The molecule has 2 aromatic rings. The van der Waals surface area contributed by atoms with Crippen LogP contribution in [0.4, 0.5) is 5.69 Å². The number of nitrogen functional groups attached to an aromatic ring is 1. The van der Waals surface area contributed by atoms with Crippen LogP contribution in [-0.2, 0) is 0 Å². The predicted molar refractivity (Wildman–Crippen MR) is 85.3 cm³/mol. The molecule has 5 nitrogen and oxygen atoms in total. The number of aliphatic hydroxyl groups is 1. The minimum Gasteiger partial charge on any atom is -0.396 e. The Hall–Kier alpha value is -1.31. The first-order valence-electron chi connectivity index (χ1n) is 6.16. The number of thioether (sulfide) groups is 1. The molecule has 20 heavy (non-hydrogen) atoms. The topological polar surface area (TPSA) is 88.2 Å². The summed E-state index contributed by atoms with van der Waals surface area (Å²) in [4.78, 5) is 16.9. The maximum atomic E-state index is 12.3. The zero-order valence-electron chi connectivity index (χ0n) is 11.3. The van der Waals surface area contributed by atoms with E-state index < -0.39 is 0 Å². The Bertz CT molecular complexity index is 611. The third-order valence-corrected chi connectivity index (χ3v) is 5.41. The fourth-order valence-electron chi connectivity index (χ4n) is 1.92. The molecule has 0 fully saturated rings. The second-order valence-electron chi connectivity index (χ2n) is 4.41. The van der Waals surface area contributed by atoms with E-state index in [1.807, 2.05) is 25.3 Å². The molecule has 0 aromatic carbocycles. The smallest absolute Gasteiger partial charge is 0.263 e. The van der Waals surface area contributed by atoms with E-state index in [1.165, 1.54) is 23.1 Å². The van der Waals surface area contributed by atoms with Gasteiger partial charge in [-0.25, -0.2) is 0 Å². The lowest BCUT2D eigenvalue weighted by molar-refractivity contribution is 0.0941. The molecule has 2 atom stereocenters. The number of fused-ring (bicyclic) bond motifs is 1. The molecule has 0 radical (unpaired) electrons. The number of thiophene rings is 1. The number of nitrogens with two attached hydrogens (primary N) is 1. The van der Waals surface area contributed by atoms with Crippen molar-refractivity contribution >= 4 is 44.9 Å². The van der Waals surface area contributed by atoms with Crippen molar-refractivity contribution in [1.82, 2.24) is 10.3 Å². The maximum absolute atomic E-state index is 12.3. The Morgan fingerprint density at radius 3 is 3.00 bits per heavy atom. The van der Waals surface area contributed by atoms with Crippen LogP contribution in [0.2, 0.25) is 0 Å². The van der Waals surface area contributed by atoms with Crippen LogP contribution in [0.15, 0.2) is 18.3 Å². The van der Waals surface area contributed by atoms with Gasteiger partial charge in [-0.2, -0.15) is 11.8 Å². The number of rotatable bonds is 5. The van der Waals surface area contributed by atoms with E-state index >= 15 is 0 Å². The molecule has 0 aliphatic carbocycles. The van der Waals surface area contributed by atoms with Crippen LogP contribution in [-0.4, -0.2) is 40.2 Å². The summed E-state index contributed by atoms with van der Waals surface area (Å²) < 4.78 is 0.895. The molecule has 2 rings (SSSR count). The van der Waals surface area contributed by atoms with Gasteiger partial charge in [0.25, 0.3) is 5.91 Å². The second-order valence-corrected chi connectivity index (χ2v) is 6.54. The molecule has 0 aliphatic rings. The van der Waals surface area contributed by atoms with Crippen LogP contribution in [0, 0.1) is 0 Å². The van der Waals surface area contributed by atoms with Crippen molar-refractivity contribution in [2.45, 2.75) is 18.2 Å². The van der Waals surface area contributed by atoms with Crippen LogP contribution in [0.5, 0.6) is 0 Å². The number of carbonyl (C=O) groups excluding carboxylic acids is 1. The van der Waals surface area contributed by atoms with Crippen molar-refractivity contribution in [3.8, 4) is 0 Å². The van der Waals surface area contributed by atoms with Crippen LogP contribution < -0.4 is 11.1 Å². The number of aliphatic hydroxyl groups excluding tert-OH is 1. The summed E-state index contributed by atoms with van der Waals surface area (Å²) >= 11 is 2.85. The minimum atomic E-state index is -0.217. The Kier molecular flexibility index (Phi) is 4.85. The van der Waals surface area contributed by atoms with Gasteiger partial charge in [-0.3, -0.25) is 9.78 Å². The molecule has 0 spiro atoms. The number of aromatic nitrogens is 1. The van der Waals surface area contributed by atoms with E-state index in [0.717, 1.165) is 4.70 Å². The van der Waals surface area contributed by atoms with Gasteiger partial charge in [0.15, 0.2) is 0 Å². The largest absolute Gasteiger partial charge is 0.396 e. The third-order valence-electron chi connectivity index (χ3n) is 3.09. The first kappa shape index (κ1) is 15.1. The highest BCUT2D eigenvalue weighted by molar-refractivity contribution is 7.99. The Labute approximate surface area is 125 Å². The average Bonchev–Trinajstić information content (AvgIpc) is 2.78. The number of nitrogens with one attached hydrogen (secondary N) is 1. The molecule has 7 heteroatoms. The fraction of sp³-hybridized carbons (Fsp3) is 0.385. The summed E-state index contributed by atoms with van der Waals surface area (Å²) in [6.07, 6.45) is 3.56. The average molecular weight is 311 g/mol. The number of carbonyl (C=O) groups is 1. The molecule has 4 N–H and O–H groups in total. The van der Waals surface area contributed by atoms with Gasteiger partial charge in [-0.05, 0) is 25.3 Å². The molecular formula is C13H17N3O2S2. The molecule has 0 saturated carbocycles. The van der Waals surface area contributed by atoms with E-state index in [0.29, 0.717) is 16.1 Å². The first-order chi connectivity index (χ1) is 9.58. The van der Waals surface area contributed by atoms with Crippen molar-refractivity contribution in [2.24, 2.45) is 0 Å². The summed E-state index contributed by atoms with van der Waals surface area (Å²) in [7, 11) is 0. The zero-order chi connectivity index (χ0) is 14.7. The predicted octanol–water partition coefficient (Wildman–Crippen LogP) is 1.72. The van der Waals surface area contributed by atoms with Crippen molar-refractivity contribution in [3.05, 3.63) is 23.2 Å². The van der Waals surface area contributed by atoms with Crippen molar-refractivity contribution in [1.29, 1.82) is 0 Å². The standard InChI is InChI=1S/C13H17N3O2S2/c1-7(9(6-17)19-2)16-13(18)12-10(14)11-8(20-12)4-3-5-15-11/h3-5,7,9,17H,6,14H2,1-2H3,(H,16,18). The lowest BCUT2D eigenvalue weighted by Crippen LogP contribution is -2.41. The number of amides is 1. The van der Waals surface area contributed by atoms with Gasteiger partial charge in [0.05, 0.1) is 17.0 Å². The van der Waals surface area contributed by atoms with Crippen molar-refractivity contribution in [2.75, 3.05) is 18.6 Å². The van der Waals surface area contributed by atoms with Gasteiger partial charge >= 0.3 is 0 Å². The maximum Gasteiger partial charge on any atom is 0.263 e. The molecule has 2 aromatic heterocycles. The van der Waals surface area contributed by atoms with E-state index in [4.69, 9.17) is 5.73 Å². The molecule has 0 saturated heterocycles. The van der Waals surface area contributed by atoms with Gasteiger partial charge in [0.1, 0.15) is 10.4 Å². The summed E-state index contributed by atoms with van der Waals surface area (Å²) in [6, 6.07) is 3.57. The molecule has 2 heterocycles. The number of hydrogen-bond acceptors (Lipinski definition) is 6. The first-order valence-corrected chi connectivity index (χ1v) is 8.26. The SMILES string of the molecule is CSC(CO)C(C)NC(=O)c1sc2cccnc2c1N. The summed E-state index contributed by atoms with van der Waals surface area (Å²) in [6.45, 7) is 1.89. The van der Waals surface area contributed by atoms with Crippen molar-refractivity contribution in [3.63, 3.8) is 0 Å². The van der Waals surface area contributed by atoms with E-state index in [-0.39, 0.29) is 23.8 Å². The van der Waals surface area contributed by atoms with Crippen LogP contribution in [0.1, 0.15) is 16.6 Å². The highest BCUT2D eigenvalue weighted by Crippen LogP contribution is 2.31. The molecule has 1 amide bonds. The van der Waals surface area contributed by atoms with Crippen LogP contribution >= 0.6 is 23.1 Å². The van der Waals surface area contributed by atoms with Crippen LogP contribution in [0.25, 0.3) is 10.2 Å². The van der Waals surface area contributed by atoms with Gasteiger partial charge in [0.2, 0.25) is 0 Å². The molecule has 108 valence electrons. The number of anilines is 1. The van der Waals surface area contributed by atoms with Gasteiger partial charge < -0.3 is 16.2 Å². The molecule has 0 aliphatic heterocycles. The van der Waals surface area contributed by atoms with E-state index in [1.54, 1.807) is 6.20 Å². The summed E-state index contributed by atoms with van der Waals surface area (Å²) in [5.41, 5.74) is 7.07.